The molecule has 0 saturated heterocycles. The number of ether oxygens (including phenoxy) is 1. The summed E-state index contributed by atoms with van der Waals surface area (Å²) >= 11 is 1.44. The molecule has 5 unspecified atom stereocenters. The van der Waals surface area contributed by atoms with Crippen LogP contribution in [0, 0.1) is 29.6 Å². The molecule has 44 heavy (non-hydrogen) atoms. The Bertz CT molecular complexity index is 1150. The maximum absolute atomic E-state index is 12.9. The van der Waals surface area contributed by atoms with E-state index in [1.807, 2.05) is 71.3 Å². The smallest absolute Gasteiger partial charge is 0.331 e. The Balaban J connectivity index is 0.00000278. The summed E-state index contributed by atoms with van der Waals surface area (Å²) in [5.41, 5.74) is 7.49. The van der Waals surface area contributed by atoms with Crippen molar-refractivity contribution in [1.82, 2.24) is 0 Å². The van der Waals surface area contributed by atoms with E-state index in [1.54, 1.807) is 13.8 Å². The average Bonchev–Trinajstić information content (AvgIpc) is 2.91. The quantitative estimate of drug-likeness (QED) is 0.103. The highest BCUT2D eigenvalue weighted by molar-refractivity contribution is 7.99. The predicted molar refractivity (Wildman–Crippen MR) is 180 cm³/mol. The predicted octanol–water partition coefficient (Wildman–Crippen LogP) is 6.23. The summed E-state index contributed by atoms with van der Waals surface area (Å²) in [4.78, 5) is 45.0. The molecule has 0 bridgehead atoms. The fourth-order valence-corrected chi connectivity index (χ4v) is 5.06. The number of carbonyl (C=O) groups is 4. The Morgan fingerprint density at radius 2 is 1.68 bits per heavy atom. The average molecular weight is 632 g/mol. The number of amides is 1. The van der Waals surface area contributed by atoms with Crippen LogP contribution in [0.25, 0.3) is 0 Å². The Morgan fingerprint density at radius 1 is 1.07 bits per heavy atom. The van der Waals surface area contributed by atoms with E-state index >= 15 is 0 Å². The van der Waals surface area contributed by atoms with Crippen LogP contribution >= 0.6 is 11.8 Å². The first-order chi connectivity index (χ1) is 20.5. The van der Waals surface area contributed by atoms with Crippen LogP contribution in [-0.2, 0) is 23.9 Å². The van der Waals surface area contributed by atoms with Gasteiger partial charge in [-0.15, -0.1) is 0 Å². The lowest BCUT2D eigenvalue weighted by atomic mass is 9.83. The van der Waals surface area contributed by atoms with Crippen molar-refractivity contribution < 1.29 is 34.1 Å². The molecule has 4 N–H and O–H groups in total. The molecule has 0 radical (unpaired) electrons. The lowest BCUT2D eigenvalue weighted by molar-refractivity contribution is -0.143. The van der Waals surface area contributed by atoms with Gasteiger partial charge in [-0.3, -0.25) is 9.59 Å². The van der Waals surface area contributed by atoms with E-state index < -0.39 is 18.0 Å². The molecule has 1 aliphatic heterocycles. The zero-order valence-electron chi connectivity index (χ0n) is 27.8. The van der Waals surface area contributed by atoms with Gasteiger partial charge in [-0.05, 0) is 57.8 Å². The van der Waals surface area contributed by atoms with Gasteiger partial charge >= 0.3 is 11.9 Å². The molecule has 8 nitrogen and oxygen atoms in total. The number of rotatable bonds is 16. The first-order valence-electron chi connectivity index (χ1n) is 15.0. The zero-order valence-corrected chi connectivity index (χ0v) is 28.6. The summed E-state index contributed by atoms with van der Waals surface area (Å²) in [6, 6.07) is 0. The Hall–Kier alpha value is -3.17. The molecule has 0 aromatic rings. The number of thioether (sulfide) groups is 1. The third kappa shape index (κ3) is 17.8. The molecule has 1 aliphatic rings. The number of allylic oxidation sites excluding steroid dienone is 8. The number of hydrogen-bond donors (Lipinski definition) is 3. The van der Waals surface area contributed by atoms with Crippen LogP contribution in [0.1, 0.15) is 68.2 Å². The highest BCUT2D eigenvalue weighted by Gasteiger charge is 2.29. The first kappa shape index (κ1) is 40.8. The van der Waals surface area contributed by atoms with E-state index in [0.717, 1.165) is 23.6 Å². The summed E-state index contributed by atoms with van der Waals surface area (Å²) in [7, 11) is 0. The minimum absolute atomic E-state index is 0.0378. The van der Waals surface area contributed by atoms with E-state index in [9.17, 15) is 24.3 Å². The standard InChI is InChI=1S/C32H46O6.C3H7NOS/c1-20(16-22(3)12-14-28-24(5)13-15-30(35)38-28)10-9-11-21(2)17-25(6)31(36)27(8)32(37)26(7)18-23(4)19-29(33)34;1-6-2-3(4)5/h9,11-17,19-20,24-28,32,37H,10,18H2,1-8H3,(H,33,34);2H2,1H3,(H2,4,5)/b11-9+,14-12+,21-17+,22-16-,23-19+;/t20?,24-,25?,26?,27?,28-,32?;/m0./s1. The van der Waals surface area contributed by atoms with E-state index in [1.165, 1.54) is 17.8 Å². The number of primary amides is 1. The van der Waals surface area contributed by atoms with Crippen molar-refractivity contribution in [3.63, 3.8) is 0 Å². The number of aliphatic carboxylic acids is 1. The van der Waals surface area contributed by atoms with Crippen molar-refractivity contribution in [2.75, 3.05) is 12.0 Å². The van der Waals surface area contributed by atoms with Crippen LogP contribution in [0.5, 0.6) is 0 Å². The van der Waals surface area contributed by atoms with E-state index in [-0.39, 0.29) is 41.5 Å². The Kier molecular flexibility index (Phi) is 20.0. The molecule has 1 heterocycles. The number of carboxylic acids is 1. The Morgan fingerprint density at radius 3 is 2.23 bits per heavy atom. The Labute approximate surface area is 268 Å². The van der Waals surface area contributed by atoms with Crippen molar-refractivity contribution in [2.45, 2.75) is 80.4 Å². The third-order valence-corrected chi connectivity index (χ3v) is 7.67. The summed E-state index contributed by atoms with van der Waals surface area (Å²) in [5, 5.41) is 19.5. The van der Waals surface area contributed by atoms with Gasteiger partial charge in [0.1, 0.15) is 11.9 Å². The summed E-state index contributed by atoms with van der Waals surface area (Å²) < 4.78 is 5.34. The SMILES string of the molecule is CC(=C/C(C)C/C=C/C(C)=C/C(C)C(=O)C(C)C(O)C(C)C/C(C)=C/C(=O)O)/C=C/[C@@H]1OC(=O)C=C[C@@H]1C.CSCC(N)=O. The number of hydrogen-bond acceptors (Lipinski definition) is 7. The number of aliphatic hydroxyl groups excluding tert-OH is 1. The van der Waals surface area contributed by atoms with Crippen molar-refractivity contribution >= 4 is 35.4 Å². The molecular weight excluding hydrogens is 578 g/mol. The van der Waals surface area contributed by atoms with Crippen LogP contribution in [0.3, 0.4) is 0 Å². The molecule has 0 aromatic heterocycles. The topological polar surface area (TPSA) is 144 Å². The molecule has 0 aliphatic carbocycles. The lowest BCUT2D eigenvalue weighted by Gasteiger charge is -2.25. The fraction of sp³-hybridized carbons (Fsp3) is 0.543. The number of aliphatic hydroxyl groups is 1. The largest absolute Gasteiger partial charge is 0.478 e. The van der Waals surface area contributed by atoms with Gasteiger partial charge in [-0.25, -0.2) is 9.59 Å². The highest BCUT2D eigenvalue weighted by Crippen LogP contribution is 2.24. The first-order valence-corrected chi connectivity index (χ1v) is 16.4. The molecular formula is C35H53NO7S. The summed E-state index contributed by atoms with van der Waals surface area (Å²) in [5.74, 6) is -1.84. The van der Waals surface area contributed by atoms with E-state index in [2.05, 4.69) is 19.1 Å². The van der Waals surface area contributed by atoms with Gasteiger partial charge in [0.25, 0.3) is 0 Å². The second-order valence-corrected chi connectivity index (χ2v) is 12.7. The van der Waals surface area contributed by atoms with Gasteiger partial charge in [-0.2, -0.15) is 11.8 Å². The molecule has 0 aromatic carbocycles. The minimum Gasteiger partial charge on any atom is -0.478 e. The number of carbonyl (C=O) groups excluding carboxylic acids is 3. The van der Waals surface area contributed by atoms with Gasteiger partial charge in [-0.1, -0.05) is 87.8 Å². The van der Waals surface area contributed by atoms with Crippen LogP contribution in [0.2, 0.25) is 0 Å². The number of nitrogens with two attached hydrogens (primary N) is 1. The second-order valence-electron chi connectivity index (χ2n) is 11.8. The minimum atomic E-state index is -1.01. The summed E-state index contributed by atoms with van der Waals surface area (Å²) in [6.07, 6.45) is 18.6. The van der Waals surface area contributed by atoms with Crippen molar-refractivity contribution in [3.8, 4) is 0 Å². The van der Waals surface area contributed by atoms with Gasteiger partial charge in [0.2, 0.25) is 5.91 Å². The number of carboxylic acid groups (broad SMARTS) is 1. The molecule has 246 valence electrons. The number of Topliss-reactive ketones (excluding diaryl/α,β-unsaturated/α-hetero) is 1. The molecule has 0 spiro atoms. The molecule has 1 rings (SSSR count). The fourth-order valence-electron chi connectivity index (χ4n) is 4.77. The van der Waals surface area contributed by atoms with Crippen molar-refractivity contribution in [1.29, 1.82) is 0 Å². The maximum Gasteiger partial charge on any atom is 0.331 e. The molecule has 0 fully saturated rings. The summed E-state index contributed by atoms with van der Waals surface area (Å²) in [6.45, 7) is 15.3. The maximum atomic E-state index is 12.9. The lowest BCUT2D eigenvalue weighted by Crippen LogP contribution is -2.34. The van der Waals surface area contributed by atoms with Crippen LogP contribution < -0.4 is 5.73 Å². The highest BCUT2D eigenvalue weighted by atomic mass is 32.2. The molecule has 0 saturated carbocycles. The number of esters is 1. The monoisotopic (exact) mass is 631 g/mol. The van der Waals surface area contributed by atoms with Crippen molar-refractivity contribution in [2.24, 2.45) is 35.3 Å². The van der Waals surface area contributed by atoms with Gasteiger partial charge in [0.15, 0.2) is 0 Å². The number of cyclic esters (lactones) is 1. The van der Waals surface area contributed by atoms with Crippen LogP contribution in [-0.4, -0.2) is 58.1 Å². The number of ketones is 1. The van der Waals surface area contributed by atoms with Gasteiger partial charge in [0, 0.05) is 29.9 Å². The molecule has 1 amide bonds. The van der Waals surface area contributed by atoms with Gasteiger partial charge in [0.05, 0.1) is 11.9 Å². The molecule has 7 atom stereocenters. The van der Waals surface area contributed by atoms with E-state index in [0.29, 0.717) is 23.7 Å². The second kappa shape index (κ2) is 21.5. The van der Waals surface area contributed by atoms with Gasteiger partial charge < -0.3 is 20.7 Å². The van der Waals surface area contributed by atoms with Crippen molar-refractivity contribution in [3.05, 3.63) is 71.4 Å². The zero-order chi connectivity index (χ0) is 34.0. The molecule has 9 heteroatoms. The van der Waals surface area contributed by atoms with Crippen LogP contribution in [0.15, 0.2) is 71.4 Å². The van der Waals surface area contributed by atoms with Crippen LogP contribution in [0.4, 0.5) is 0 Å². The normalized spacial score (nSPS) is 21.2. The van der Waals surface area contributed by atoms with E-state index in [4.69, 9.17) is 15.6 Å². The third-order valence-electron chi connectivity index (χ3n) is 7.10.